The molecular formula is C27H26N4O4. The van der Waals surface area contributed by atoms with Gasteiger partial charge in [0, 0.05) is 13.6 Å². The smallest absolute Gasteiger partial charge is 0.336 e. The third-order valence-corrected chi connectivity index (χ3v) is 5.77. The minimum atomic E-state index is -0.606. The summed E-state index contributed by atoms with van der Waals surface area (Å²) in [5.41, 5.74) is 1.54. The van der Waals surface area contributed by atoms with Crippen LogP contribution in [0.2, 0.25) is 0 Å². The molecule has 0 unspecified atom stereocenters. The fourth-order valence-corrected chi connectivity index (χ4v) is 3.93. The van der Waals surface area contributed by atoms with Crippen molar-refractivity contribution in [2.45, 2.75) is 19.4 Å². The van der Waals surface area contributed by atoms with Gasteiger partial charge in [0.1, 0.15) is 6.54 Å². The number of fused-ring (bicyclic) bond motifs is 1. The number of para-hydroxylation sites is 1. The van der Waals surface area contributed by atoms with Crippen molar-refractivity contribution < 1.29 is 9.59 Å². The molecule has 0 bridgehead atoms. The molecule has 8 nitrogen and oxygen atoms in total. The molecule has 1 aromatic heterocycles. The molecule has 0 spiro atoms. The van der Waals surface area contributed by atoms with Crippen LogP contribution in [0, 0.1) is 0 Å². The van der Waals surface area contributed by atoms with Gasteiger partial charge in [0.25, 0.3) is 5.56 Å². The number of rotatable bonds is 8. The molecule has 35 heavy (non-hydrogen) atoms. The summed E-state index contributed by atoms with van der Waals surface area (Å²) in [6, 6.07) is 23.2. The lowest BCUT2D eigenvalue weighted by Crippen LogP contribution is -2.42. The van der Waals surface area contributed by atoms with Crippen LogP contribution in [0.4, 0.5) is 0 Å². The van der Waals surface area contributed by atoms with Crippen LogP contribution in [0.3, 0.4) is 0 Å². The van der Waals surface area contributed by atoms with Crippen LogP contribution >= 0.6 is 0 Å². The molecule has 0 aliphatic rings. The third-order valence-electron chi connectivity index (χ3n) is 5.77. The molecule has 2 amide bonds. The zero-order valence-electron chi connectivity index (χ0n) is 19.4. The molecule has 4 rings (SSSR count). The standard InChI is InChI=1S/C27H26N4O4/c1-28-24(32)17-20-11-13-21(14-12-20)31-26(34)22-9-5-6-10-23(22)30(27(31)35)18-25(33)29-16-15-19-7-3-2-4-8-19/h2-14H,15-18H2,1H3,(H,28,32)(H,29,33). The predicted molar refractivity (Wildman–Crippen MR) is 135 cm³/mol. The first kappa shape index (κ1) is 23.7. The van der Waals surface area contributed by atoms with Gasteiger partial charge in [0.15, 0.2) is 0 Å². The lowest BCUT2D eigenvalue weighted by Gasteiger charge is -2.14. The summed E-state index contributed by atoms with van der Waals surface area (Å²) < 4.78 is 2.37. The van der Waals surface area contributed by atoms with Gasteiger partial charge in [0.2, 0.25) is 11.8 Å². The minimum Gasteiger partial charge on any atom is -0.359 e. The van der Waals surface area contributed by atoms with Crippen molar-refractivity contribution in [1.29, 1.82) is 0 Å². The van der Waals surface area contributed by atoms with E-state index >= 15 is 0 Å². The number of carbonyl (C=O) groups is 2. The lowest BCUT2D eigenvalue weighted by atomic mass is 10.1. The van der Waals surface area contributed by atoms with Crippen LogP contribution in [0.1, 0.15) is 11.1 Å². The highest BCUT2D eigenvalue weighted by Gasteiger charge is 2.16. The summed E-state index contributed by atoms with van der Waals surface area (Å²) in [6.45, 7) is 0.213. The van der Waals surface area contributed by atoms with E-state index in [1.165, 1.54) is 4.57 Å². The first-order valence-electron chi connectivity index (χ1n) is 11.3. The Labute approximate surface area is 201 Å². The molecule has 2 N–H and O–H groups in total. The molecule has 0 aliphatic heterocycles. The molecular weight excluding hydrogens is 444 g/mol. The molecule has 0 saturated carbocycles. The Morgan fingerprint density at radius 3 is 2.20 bits per heavy atom. The van der Waals surface area contributed by atoms with E-state index in [0.29, 0.717) is 29.6 Å². The largest absolute Gasteiger partial charge is 0.359 e. The van der Waals surface area contributed by atoms with E-state index < -0.39 is 11.2 Å². The number of benzene rings is 3. The third kappa shape index (κ3) is 5.38. The molecule has 4 aromatic rings. The van der Waals surface area contributed by atoms with Gasteiger partial charge in [-0.05, 0) is 41.8 Å². The van der Waals surface area contributed by atoms with Gasteiger partial charge in [-0.3, -0.25) is 19.0 Å². The number of carbonyl (C=O) groups excluding carboxylic acids is 2. The maximum atomic E-state index is 13.4. The number of nitrogens with zero attached hydrogens (tertiary/aromatic N) is 2. The van der Waals surface area contributed by atoms with E-state index in [-0.39, 0.29) is 24.8 Å². The molecule has 178 valence electrons. The van der Waals surface area contributed by atoms with Crippen LogP contribution in [-0.4, -0.2) is 34.5 Å². The number of likely N-dealkylation sites (N-methyl/N-ethyl adjacent to an activating group) is 1. The maximum absolute atomic E-state index is 13.4. The number of nitrogens with one attached hydrogen (secondary N) is 2. The van der Waals surface area contributed by atoms with E-state index in [2.05, 4.69) is 10.6 Å². The van der Waals surface area contributed by atoms with Crippen molar-refractivity contribution in [2.75, 3.05) is 13.6 Å². The second kappa shape index (κ2) is 10.6. The molecule has 0 saturated heterocycles. The van der Waals surface area contributed by atoms with Gasteiger partial charge in [-0.2, -0.15) is 0 Å². The zero-order valence-corrected chi connectivity index (χ0v) is 19.4. The second-order valence-electron chi connectivity index (χ2n) is 8.13. The average molecular weight is 471 g/mol. The van der Waals surface area contributed by atoms with Gasteiger partial charge < -0.3 is 10.6 Å². The van der Waals surface area contributed by atoms with Gasteiger partial charge >= 0.3 is 5.69 Å². The van der Waals surface area contributed by atoms with E-state index in [4.69, 9.17) is 0 Å². The van der Waals surface area contributed by atoms with Crippen molar-refractivity contribution >= 4 is 22.7 Å². The van der Waals surface area contributed by atoms with Crippen LogP contribution in [0.15, 0.2) is 88.5 Å². The quantitative estimate of drug-likeness (QED) is 0.410. The highest BCUT2D eigenvalue weighted by atomic mass is 16.2. The van der Waals surface area contributed by atoms with Crippen molar-refractivity contribution in [3.05, 3.63) is 111 Å². The first-order chi connectivity index (χ1) is 17.0. The molecule has 0 radical (unpaired) electrons. The summed E-state index contributed by atoms with van der Waals surface area (Å²) in [4.78, 5) is 51.0. The Bertz CT molecular complexity index is 1470. The average Bonchev–Trinajstić information content (AvgIpc) is 2.88. The van der Waals surface area contributed by atoms with Crippen LogP contribution in [0.5, 0.6) is 0 Å². The summed E-state index contributed by atoms with van der Waals surface area (Å²) >= 11 is 0. The number of aromatic nitrogens is 2. The Morgan fingerprint density at radius 1 is 0.800 bits per heavy atom. The van der Waals surface area contributed by atoms with Gasteiger partial charge in [0.05, 0.1) is 23.0 Å². The minimum absolute atomic E-state index is 0.138. The summed E-state index contributed by atoms with van der Waals surface area (Å²) in [5.74, 6) is -0.458. The predicted octanol–water partition coefficient (Wildman–Crippen LogP) is 1.80. The lowest BCUT2D eigenvalue weighted by molar-refractivity contribution is -0.122. The SMILES string of the molecule is CNC(=O)Cc1ccc(-n2c(=O)c3ccccc3n(CC(=O)NCCc3ccccc3)c2=O)cc1. The fraction of sp³-hybridized carbons (Fsp3) is 0.185. The Morgan fingerprint density at radius 2 is 1.49 bits per heavy atom. The molecule has 3 aromatic carbocycles. The van der Waals surface area contributed by atoms with Crippen LogP contribution in [-0.2, 0) is 29.0 Å². The van der Waals surface area contributed by atoms with Gasteiger partial charge in [-0.1, -0.05) is 54.6 Å². The maximum Gasteiger partial charge on any atom is 0.336 e. The number of hydrogen-bond acceptors (Lipinski definition) is 4. The summed E-state index contributed by atoms with van der Waals surface area (Å²) in [6.07, 6.45) is 0.862. The highest BCUT2D eigenvalue weighted by molar-refractivity contribution is 5.82. The number of hydrogen-bond donors (Lipinski definition) is 2. The topological polar surface area (TPSA) is 102 Å². The van der Waals surface area contributed by atoms with Crippen LogP contribution < -0.4 is 21.9 Å². The number of amides is 2. The van der Waals surface area contributed by atoms with Crippen LogP contribution in [0.25, 0.3) is 16.6 Å². The molecule has 0 atom stereocenters. The van der Waals surface area contributed by atoms with Crippen molar-refractivity contribution in [3.63, 3.8) is 0 Å². The Balaban J connectivity index is 1.64. The normalized spacial score (nSPS) is 10.8. The van der Waals surface area contributed by atoms with Gasteiger partial charge in [-0.15, -0.1) is 0 Å². The monoisotopic (exact) mass is 470 g/mol. The van der Waals surface area contributed by atoms with Crippen molar-refractivity contribution in [3.8, 4) is 5.69 Å². The Kier molecular flexibility index (Phi) is 7.21. The zero-order chi connectivity index (χ0) is 24.8. The fourth-order valence-electron chi connectivity index (χ4n) is 3.93. The van der Waals surface area contributed by atoms with E-state index in [0.717, 1.165) is 15.7 Å². The second-order valence-corrected chi connectivity index (χ2v) is 8.13. The first-order valence-corrected chi connectivity index (χ1v) is 11.3. The molecule has 8 heteroatoms. The van der Waals surface area contributed by atoms with E-state index in [1.807, 2.05) is 30.3 Å². The van der Waals surface area contributed by atoms with Crippen molar-refractivity contribution in [2.24, 2.45) is 0 Å². The highest BCUT2D eigenvalue weighted by Crippen LogP contribution is 2.12. The van der Waals surface area contributed by atoms with Gasteiger partial charge in [-0.25, -0.2) is 9.36 Å². The van der Waals surface area contributed by atoms with E-state index in [9.17, 15) is 19.2 Å². The van der Waals surface area contributed by atoms with Crippen molar-refractivity contribution in [1.82, 2.24) is 19.8 Å². The summed E-state index contributed by atoms with van der Waals surface area (Å²) in [5, 5.41) is 5.75. The molecule has 1 heterocycles. The Hall–Kier alpha value is -4.46. The molecule has 0 fully saturated rings. The summed E-state index contributed by atoms with van der Waals surface area (Å²) in [7, 11) is 1.56. The molecule has 0 aliphatic carbocycles. The van der Waals surface area contributed by atoms with E-state index in [1.54, 1.807) is 55.6 Å².